The summed E-state index contributed by atoms with van der Waals surface area (Å²) in [5.74, 6) is 0. The van der Waals surface area contributed by atoms with E-state index in [1.807, 2.05) is 0 Å². The molecule has 0 bridgehead atoms. The third-order valence-electron chi connectivity index (χ3n) is 1.82. The van der Waals surface area contributed by atoms with Gasteiger partial charge in [-0.1, -0.05) is 0 Å². The molecule has 0 aromatic rings. The number of rotatable bonds is 2. The van der Waals surface area contributed by atoms with Crippen LogP contribution in [0, 0.1) is 0 Å². The molecule has 4 N–H and O–H groups in total. The Hall–Kier alpha value is -0.200. The van der Waals surface area contributed by atoms with Gasteiger partial charge in [-0.2, -0.15) is 0 Å². The predicted octanol–water partition coefficient (Wildman–Crippen LogP) is -1.96. The first kappa shape index (κ1) is 8.89. The molecule has 0 spiro atoms. The van der Waals surface area contributed by atoms with Gasteiger partial charge < -0.3 is 25.4 Å². The van der Waals surface area contributed by atoms with E-state index in [1.54, 1.807) is 0 Å². The van der Waals surface area contributed by atoms with Gasteiger partial charge in [0.2, 0.25) is 0 Å². The fourth-order valence-corrected chi connectivity index (χ4v) is 1.10. The van der Waals surface area contributed by atoms with Gasteiger partial charge in [0, 0.05) is 7.11 Å². The second kappa shape index (κ2) is 3.46. The zero-order valence-corrected chi connectivity index (χ0v) is 6.30. The second-order valence-electron chi connectivity index (χ2n) is 2.53. The van der Waals surface area contributed by atoms with Crippen LogP contribution in [-0.4, -0.2) is 48.5 Å². The van der Waals surface area contributed by atoms with Crippen LogP contribution in [0.1, 0.15) is 0 Å². The average molecular weight is 163 g/mol. The van der Waals surface area contributed by atoms with E-state index in [-0.39, 0.29) is 6.61 Å². The number of methoxy groups -OCH3 is 1. The van der Waals surface area contributed by atoms with E-state index in [9.17, 15) is 5.11 Å². The molecule has 0 aromatic heterocycles. The van der Waals surface area contributed by atoms with E-state index in [2.05, 4.69) is 0 Å². The third kappa shape index (κ3) is 1.52. The molecule has 1 aliphatic heterocycles. The molecule has 5 nitrogen and oxygen atoms in total. The van der Waals surface area contributed by atoms with Crippen molar-refractivity contribution in [3.63, 3.8) is 0 Å². The molecule has 1 saturated heterocycles. The Kier molecular flexibility index (Phi) is 2.80. The predicted molar refractivity (Wildman–Crippen MR) is 36.7 cm³/mol. The molecule has 1 aliphatic rings. The van der Waals surface area contributed by atoms with Crippen molar-refractivity contribution in [3.8, 4) is 0 Å². The second-order valence-corrected chi connectivity index (χ2v) is 2.53. The minimum Gasteiger partial charge on any atom is -0.394 e. The van der Waals surface area contributed by atoms with Crippen molar-refractivity contribution < 1.29 is 19.7 Å². The first-order chi connectivity index (χ1) is 5.20. The molecule has 66 valence electrons. The molecule has 1 heterocycles. The fraction of sp³-hybridized carbons (Fsp3) is 1.00. The normalized spacial score (nSPS) is 44.7. The lowest BCUT2D eigenvalue weighted by Crippen LogP contribution is -2.41. The van der Waals surface area contributed by atoms with Gasteiger partial charge in [0.15, 0.2) is 6.29 Å². The summed E-state index contributed by atoms with van der Waals surface area (Å²) in [7, 11) is 1.42. The molecule has 1 fully saturated rings. The summed E-state index contributed by atoms with van der Waals surface area (Å²) in [4.78, 5) is 0. The van der Waals surface area contributed by atoms with Crippen LogP contribution in [0.25, 0.3) is 0 Å². The molecular formula is C6H13NO4. The number of hydrogen-bond donors (Lipinski definition) is 3. The summed E-state index contributed by atoms with van der Waals surface area (Å²) in [5.41, 5.74) is 5.48. The molecule has 4 atom stereocenters. The molecule has 0 aliphatic carbocycles. The van der Waals surface area contributed by atoms with Crippen molar-refractivity contribution in [2.45, 2.75) is 24.5 Å². The van der Waals surface area contributed by atoms with Crippen molar-refractivity contribution in [1.82, 2.24) is 0 Å². The van der Waals surface area contributed by atoms with Crippen molar-refractivity contribution in [2.24, 2.45) is 5.73 Å². The van der Waals surface area contributed by atoms with Crippen LogP contribution in [0.3, 0.4) is 0 Å². The fourth-order valence-electron chi connectivity index (χ4n) is 1.10. The Morgan fingerprint density at radius 2 is 2.27 bits per heavy atom. The molecule has 5 heteroatoms. The molecule has 1 rings (SSSR count). The van der Waals surface area contributed by atoms with Crippen LogP contribution in [0.2, 0.25) is 0 Å². The summed E-state index contributed by atoms with van der Waals surface area (Å²) in [5, 5.41) is 18.0. The number of aliphatic hydroxyl groups is 2. The van der Waals surface area contributed by atoms with Crippen LogP contribution < -0.4 is 5.73 Å². The summed E-state index contributed by atoms with van der Waals surface area (Å²) < 4.78 is 9.80. The maximum absolute atomic E-state index is 9.27. The van der Waals surface area contributed by atoms with Crippen molar-refractivity contribution >= 4 is 0 Å². The van der Waals surface area contributed by atoms with Gasteiger partial charge in [-0.3, -0.25) is 0 Å². The van der Waals surface area contributed by atoms with Gasteiger partial charge in [0.05, 0.1) is 12.6 Å². The van der Waals surface area contributed by atoms with Gasteiger partial charge in [0.25, 0.3) is 0 Å². The maximum atomic E-state index is 9.27. The molecular weight excluding hydrogens is 150 g/mol. The highest BCUT2D eigenvalue weighted by Gasteiger charge is 2.41. The smallest absolute Gasteiger partial charge is 0.185 e. The SMILES string of the molecule is CO[C@H]1O[C@H](CO)[C@@H](N)[C@H]1O. The largest absolute Gasteiger partial charge is 0.394 e. The monoisotopic (exact) mass is 163 g/mol. The first-order valence-corrected chi connectivity index (χ1v) is 3.43. The van der Waals surface area contributed by atoms with Crippen LogP contribution in [0.15, 0.2) is 0 Å². The molecule has 0 radical (unpaired) electrons. The topological polar surface area (TPSA) is 84.9 Å². The van der Waals surface area contributed by atoms with Crippen molar-refractivity contribution in [2.75, 3.05) is 13.7 Å². The highest BCUT2D eigenvalue weighted by molar-refractivity contribution is 4.89. The third-order valence-corrected chi connectivity index (χ3v) is 1.82. The molecule has 0 amide bonds. The van der Waals surface area contributed by atoms with E-state index < -0.39 is 24.5 Å². The van der Waals surface area contributed by atoms with E-state index in [0.717, 1.165) is 0 Å². The van der Waals surface area contributed by atoms with Gasteiger partial charge in [-0.05, 0) is 0 Å². The number of hydrogen-bond acceptors (Lipinski definition) is 5. The quantitative estimate of drug-likeness (QED) is 0.440. The van der Waals surface area contributed by atoms with Gasteiger partial charge in [0.1, 0.15) is 12.2 Å². The molecule has 11 heavy (non-hydrogen) atoms. The highest BCUT2D eigenvalue weighted by Crippen LogP contribution is 2.19. The molecule has 0 aromatic carbocycles. The lowest BCUT2D eigenvalue weighted by atomic mass is 10.1. The molecule has 0 saturated carbocycles. The minimum absolute atomic E-state index is 0.196. The van der Waals surface area contributed by atoms with Crippen LogP contribution in [-0.2, 0) is 9.47 Å². The van der Waals surface area contributed by atoms with Crippen molar-refractivity contribution in [3.05, 3.63) is 0 Å². The Labute approximate surface area is 64.7 Å². The van der Waals surface area contributed by atoms with Gasteiger partial charge in [-0.25, -0.2) is 0 Å². The Bertz CT molecular complexity index is 114. The standard InChI is InChI=1S/C6H13NO4/c1-10-6-5(9)4(7)3(2-8)11-6/h3-6,8-9H,2,7H2,1H3/t3-,4-,5-,6+/m1/s1. The van der Waals surface area contributed by atoms with Crippen LogP contribution >= 0.6 is 0 Å². The maximum Gasteiger partial charge on any atom is 0.185 e. The zero-order valence-electron chi connectivity index (χ0n) is 6.30. The average Bonchev–Trinajstić information content (AvgIpc) is 2.30. The van der Waals surface area contributed by atoms with E-state index >= 15 is 0 Å². The Morgan fingerprint density at radius 3 is 2.55 bits per heavy atom. The lowest BCUT2D eigenvalue weighted by molar-refractivity contribution is -0.153. The number of nitrogens with two attached hydrogens (primary N) is 1. The summed E-state index contributed by atoms with van der Waals surface area (Å²) in [6.45, 7) is -0.196. The highest BCUT2D eigenvalue weighted by atomic mass is 16.7. The van der Waals surface area contributed by atoms with Crippen molar-refractivity contribution in [1.29, 1.82) is 0 Å². The number of ether oxygens (including phenoxy) is 2. The number of aliphatic hydroxyl groups excluding tert-OH is 2. The summed E-state index contributed by atoms with van der Waals surface area (Å²) in [6.07, 6.45) is -2.07. The van der Waals surface area contributed by atoms with E-state index in [0.29, 0.717) is 0 Å². The van der Waals surface area contributed by atoms with Crippen LogP contribution in [0.5, 0.6) is 0 Å². The summed E-state index contributed by atoms with van der Waals surface area (Å²) in [6, 6.07) is -0.565. The van der Waals surface area contributed by atoms with Crippen LogP contribution in [0.4, 0.5) is 0 Å². The molecule has 0 unspecified atom stereocenters. The van der Waals surface area contributed by atoms with E-state index in [1.165, 1.54) is 7.11 Å². The zero-order chi connectivity index (χ0) is 8.43. The van der Waals surface area contributed by atoms with E-state index in [4.69, 9.17) is 20.3 Å². The lowest BCUT2D eigenvalue weighted by Gasteiger charge is -2.12. The first-order valence-electron chi connectivity index (χ1n) is 3.43. The Morgan fingerprint density at radius 1 is 1.64 bits per heavy atom. The van der Waals surface area contributed by atoms with Gasteiger partial charge in [-0.15, -0.1) is 0 Å². The Balaban J connectivity index is 2.53. The van der Waals surface area contributed by atoms with Gasteiger partial charge >= 0.3 is 0 Å². The summed E-state index contributed by atoms with van der Waals surface area (Å²) >= 11 is 0. The minimum atomic E-state index is -0.850.